The molecule has 0 atom stereocenters. The highest BCUT2D eigenvalue weighted by atomic mass is 32.2. The van der Waals surface area contributed by atoms with Gasteiger partial charge < -0.3 is 10.6 Å². The number of benzene rings is 1. The zero-order valence-electron chi connectivity index (χ0n) is 13.6. The van der Waals surface area contributed by atoms with Gasteiger partial charge in [0.15, 0.2) is 5.96 Å². The molecule has 0 bridgehead atoms. The van der Waals surface area contributed by atoms with Crippen LogP contribution in [0.25, 0.3) is 0 Å². The molecule has 0 amide bonds. The van der Waals surface area contributed by atoms with Crippen molar-refractivity contribution in [3.63, 3.8) is 0 Å². The largest absolute Gasteiger partial charge is 0.355 e. The van der Waals surface area contributed by atoms with Gasteiger partial charge in [-0.2, -0.15) is 0 Å². The molecule has 1 aliphatic carbocycles. The summed E-state index contributed by atoms with van der Waals surface area (Å²) in [7, 11) is -1.71. The quantitative estimate of drug-likeness (QED) is 0.417. The third-order valence-electron chi connectivity index (χ3n) is 3.93. The zero-order chi connectivity index (χ0) is 16.5. The van der Waals surface area contributed by atoms with Gasteiger partial charge in [-0.05, 0) is 25.0 Å². The standard InChI is InChI=1S/C16H26N4O2S/c1-17-16(20-14-8-4-2-5-9-14)18-12-13-19-23(21,22)15-10-6-3-7-11-15/h3,6-7,10-11,14,19H,2,4-5,8-9,12-13H2,1H3,(H2,17,18,20). The Labute approximate surface area is 138 Å². The van der Waals surface area contributed by atoms with E-state index in [-0.39, 0.29) is 4.90 Å². The predicted octanol–water partition coefficient (Wildman–Crippen LogP) is 1.46. The van der Waals surface area contributed by atoms with Crippen LogP contribution in [-0.4, -0.2) is 40.6 Å². The number of sulfonamides is 1. The lowest BCUT2D eigenvalue weighted by Crippen LogP contribution is -2.46. The van der Waals surface area contributed by atoms with Crippen molar-refractivity contribution in [3.05, 3.63) is 30.3 Å². The molecule has 0 spiro atoms. The average Bonchev–Trinajstić information content (AvgIpc) is 2.59. The highest BCUT2D eigenvalue weighted by molar-refractivity contribution is 7.89. The second-order valence-electron chi connectivity index (χ2n) is 5.69. The van der Waals surface area contributed by atoms with Crippen molar-refractivity contribution in [2.75, 3.05) is 20.1 Å². The Morgan fingerprint density at radius 1 is 1.13 bits per heavy atom. The van der Waals surface area contributed by atoms with E-state index < -0.39 is 10.0 Å². The van der Waals surface area contributed by atoms with Crippen LogP contribution in [0, 0.1) is 0 Å². The molecule has 6 nitrogen and oxygen atoms in total. The van der Waals surface area contributed by atoms with E-state index in [0.29, 0.717) is 19.1 Å². The van der Waals surface area contributed by atoms with E-state index in [1.807, 2.05) is 0 Å². The third kappa shape index (κ3) is 5.84. The molecule has 0 heterocycles. The van der Waals surface area contributed by atoms with E-state index >= 15 is 0 Å². The van der Waals surface area contributed by atoms with Crippen LogP contribution >= 0.6 is 0 Å². The summed E-state index contributed by atoms with van der Waals surface area (Å²) in [5, 5.41) is 6.55. The van der Waals surface area contributed by atoms with Crippen LogP contribution in [0.2, 0.25) is 0 Å². The SMILES string of the molecule is CN=C(NCCNS(=O)(=O)c1ccccc1)NC1CCCCC1. The highest BCUT2D eigenvalue weighted by Gasteiger charge is 2.15. The number of hydrogen-bond acceptors (Lipinski definition) is 3. The second kappa shape index (κ2) is 8.88. The van der Waals surface area contributed by atoms with Crippen molar-refractivity contribution in [1.29, 1.82) is 0 Å². The minimum Gasteiger partial charge on any atom is -0.355 e. The maximum atomic E-state index is 12.1. The molecule has 0 unspecified atom stereocenters. The lowest BCUT2D eigenvalue weighted by atomic mass is 9.96. The van der Waals surface area contributed by atoms with E-state index in [2.05, 4.69) is 20.3 Å². The molecule has 1 aromatic rings. The van der Waals surface area contributed by atoms with Gasteiger partial charge in [-0.3, -0.25) is 4.99 Å². The van der Waals surface area contributed by atoms with Crippen LogP contribution in [0.4, 0.5) is 0 Å². The third-order valence-corrected chi connectivity index (χ3v) is 5.41. The summed E-state index contributed by atoms with van der Waals surface area (Å²) >= 11 is 0. The topological polar surface area (TPSA) is 82.6 Å². The Balaban J connectivity index is 1.73. The first-order chi connectivity index (χ1) is 11.1. The predicted molar refractivity (Wildman–Crippen MR) is 93.0 cm³/mol. The Morgan fingerprint density at radius 2 is 1.83 bits per heavy atom. The molecule has 1 aromatic carbocycles. The average molecular weight is 338 g/mol. The van der Waals surface area contributed by atoms with E-state index in [1.54, 1.807) is 37.4 Å². The van der Waals surface area contributed by atoms with Gasteiger partial charge in [0.1, 0.15) is 0 Å². The normalized spacial score (nSPS) is 17.0. The Morgan fingerprint density at radius 3 is 2.48 bits per heavy atom. The van der Waals surface area contributed by atoms with E-state index in [9.17, 15) is 8.42 Å². The van der Waals surface area contributed by atoms with Crippen LogP contribution in [0.1, 0.15) is 32.1 Å². The van der Waals surface area contributed by atoms with Gasteiger partial charge >= 0.3 is 0 Å². The maximum Gasteiger partial charge on any atom is 0.240 e. The summed E-state index contributed by atoms with van der Waals surface area (Å²) in [6.07, 6.45) is 6.16. The molecule has 0 aromatic heterocycles. The number of rotatable bonds is 6. The summed E-state index contributed by atoms with van der Waals surface area (Å²) in [5.41, 5.74) is 0. The molecule has 1 aliphatic rings. The van der Waals surface area contributed by atoms with Gasteiger partial charge in [0.25, 0.3) is 0 Å². The van der Waals surface area contributed by atoms with E-state index in [0.717, 1.165) is 5.96 Å². The van der Waals surface area contributed by atoms with Crippen molar-refractivity contribution < 1.29 is 8.42 Å². The molecule has 0 aliphatic heterocycles. The molecule has 23 heavy (non-hydrogen) atoms. The van der Waals surface area contributed by atoms with Gasteiger partial charge in [0.05, 0.1) is 4.90 Å². The smallest absolute Gasteiger partial charge is 0.240 e. The van der Waals surface area contributed by atoms with Crippen LogP contribution in [0.3, 0.4) is 0 Å². The van der Waals surface area contributed by atoms with Crippen LogP contribution in [-0.2, 0) is 10.0 Å². The molecule has 0 saturated heterocycles. The van der Waals surface area contributed by atoms with Gasteiger partial charge in [0.2, 0.25) is 10.0 Å². The second-order valence-corrected chi connectivity index (χ2v) is 7.46. The molecule has 1 saturated carbocycles. The number of guanidine groups is 1. The summed E-state index contributed by atoms with van der Waals surface area (Å²) in [4.78, 5) is 4.47. The minimum atomic E-state index is -3.44. The molecular formula is C16H26N4O2S. The molecular weight excluding hydrogens is 312 g/mol. The highest BCUT2D eigenvalue weighted by Crippen LogP contribution is 2.17. The first-order valence-corrected chi connectivity index (χ1v) is 9.62. The lowest BCUT2D eigenvalue weighted by molar-refractivity contribution is 0.410. The number of hydrogen-bond donors (Lipinski definition) is 3. The van der Waals surface area contributed by atoms with Crippen molar-refractivity contribution >= 4 is 16.0 Å². The summed E-state index contributed by atoms with van der Waals surface area (Å²) in [5.74, 6) is 0.732. The van der Waals surface area contributed by atoms with Gasteiger partial charge in [-0.15, -0.1) is 0 Å². The van der Waals surface area contributed by atoms with Crippen LogP contribution in [0.15, 0.2) is 40.2 Å². The first kappa shape index (κ1) is 17.7. The lowest BCUT2D eigenvalue weighted by Gasteiger charge is -2.24. The minimum absolute atomic E-state index is 0.282. The molecule has 1 fully saturated rings. The van der Waals surface area contributed by atoms with Gasteiger partial charge in [-0.25, -0.2) is 13.1 Å². The molecule has 0 radical (unpaired) electrons. The van der Waals surface area contributed by atoms with Crippen molar-refractivity contribution in [2.24, 2.45) is 4.99 Å². The Kier molecular flexibility index (Phi) is 6.85. The molecule has 3 N–H and O–H groups in total. The zero-order valence-corrected chi connectivity index (χ0v) is 14.4. The maximum absolute atomic E-state index is 12.1. The molecule has 7 heteroatoms. The van der Waals surface area contributed by atoms with E-state index in [4.69, 9.17) is 0 Å². The van der Waals surface area contributed by atoms with Crippen molar-refractivity contribution in [1.82, 2.24) is 15.4 Å². The number of nitrogens with one attached hydrogen (secondary N) is 3. The summed E-state index contributed by atoms with van der Waals surface area (Å²) in [6.45, 7) is 0.793. The Hall–Kier alpha value is -1.60. The van der Waals surface area contributed by atoms with Crippen molar-refractivity contribution in [3.8, 4) is 0 Å². The van der Waals surface area contributed by atoms with Crippen molar-refractivity contribution in [2.45, 2.75) is 43.0 Å². The fourth-order valence-electron chi connectivity index (χ4n) is 2.68. The van der Waals surface area contributed by atoms with Crippen LogP contribution in [0.5, 0.6) is 0 Å². The molecule has 2 rings (SSSR count). The summed E-state index contributed by atoms with van der Waals surface area (Å²) < 4.78 is 26.7. The van der Waals surface area contributed by atoms with Gasteiger partial charge in [0, 0.05) is 26.2 Å². The Bertz CT molecular complexity index is 596. The number of nitrogens with zero attached hydrogens (tertiary/aromatic N) is 1. The monoisotopic (exact) mass is 338 g/mol. The van der Waals surface area contributed by atoms with E-state index in [1.165, 1.54) is 32.1 Å². The van der Waals surface area contributed by atoms with Crippen LogP contribution < -0.4 is 15.4 Å². The first-order valence-electron chi connectivity index (χ1n) is 8.14. The molecule has 128 valence electrons. The van der Waals surface area contributed by atoms with Gasteiger partial charge in [-0.1, -0.05) is 37.5 Å². The number of aliphatic imine (C=N–C) groups is 1. The summed E-state index contributed by atoms with van der Waals surface area (Å²) in [6, 6.07) is 8.85. The fourth-order valence-corrected chi connectivity index (χ4v) is 3.74. The fraction of sp³-hybridized carbons (Fsp3) is 0.562.